The van der Waals surface area contributed by atoms with E-state index in [-0.39, 0.29) is 23.7 Å². The number of fused-ring (bicyclic) bond motifs is 3. The summed E-state index contributed by atoms with van der Waals surface area (Å²) in [7, 11) is 1.31. The van der Waals surface area contributed by atoms with Gasteiger partial charge in [0.2, 0.25) is 5.78 Å². The number of Topliss-reactive ketones (excluding diaryl/α,β-unsaturated/α-hetero) is 1. The number of phenols is 1. The van der Waals surface area contributed by atoms with Crippen LogP contribution < -0.4 is 9.47 Å². The molecule has 1 unspecified atom stereocenters. The topological polar surface area (TPSA) is 99.1 Å². The van der Waals surface area contributed by atoms with Gasteiger partial charge in [-0.05, 0) is 53.6 Å². The highest BCUT2D eigenvalue weighted by Crippen LogP contribution is 2.49. The SMILES string of the molecule is COC(=O)c1ccc(/C=C2\Oc3c(ccc4c3C(c3cccc(O)c3)CC(=O)O4)C2=O)cc1. The van der Waals surface area contributed by atoms with Crippen molar-refractivity contribution < 1.29 is 33.7 Å². The van der Waals surface area contributed by atoms with E-state index in [0.29, 0.717) is 39.3 Å². The maximum atomic E-state index is 13.1. The van der Waals surface area contributed by atoms with Gasteiger partial charge in [0.15, 0.2) is 5.76 Å². The van der Waals surface area contributed by atoms with Crippen LogP contribution in [0.25, 0.3) is 6.08 Å². The van der Waals surface area contributed by atoms with Crippen molar-refractivity contribution in [2.75, 3.05) is 7.11 Å². The Balaban J connectivity index is 1.54. The molecule has 7 heteroatoms. The molecule has 1 atom stereocenters. The van der Waals surface area contributed by atoms with Crippen molar-refractivity contribution in [3.8, 4) is 17.2 Å². The number of carbonyl (C=O) groups excluding carboxylic acids is 3. The number of rotatable bonds is 3. The smallest absolute Gasteiger partial charge is 0.337 e. The van der Waals surface area contributed by atoms with E-state index in [1.54, 1.807) is 60.7 Å². The number of esters is 2. The van der Waals surface area contributed by atoms with Crippen molar-refractivity contribution in [3.05, 3.63) is 94.2 Å². The Labute approximate surface area is 188 Å². The van der Waals surface area contributed by atoms with Crippen molar-refractivity contribution in [2.24, 2.45) is 0 Å². The summed E-state index contributed by atoms with van der Waals surface area (Å²) < 4.78 is 16.1. The summed E-state index contributed by atoms with van der Waals surface area (Å²) in [6, 6.07) is 16.4. The van der Waals surface area contributed by atoms with Crippen molar-refractivity contribution in [1.29, 1.82) is 0 Å². The van der Waals surface area contributed by atoms with Crippen LogP contribution in [0.5, 0.6) is 17.2 Å². The molecule has 5 rings (SSSR count). The number of hydrogen-bond donors (Lipinski definition) is 1. The van der Waals surface area contributed by atoms with E-state index in [4.69, 9.17) is 14.2 Å². The van der Waals surface area contributed by atoms with E-state index >= 15 is 0 Å². The van der Waals surface area contributed by atoms with Crippen molar-refractivity contribution in [2.45, 2.75) is 12.3 Å². The van der Waals surface area contributed by atoms with Gasteiger partial charge in [0, 0.05) is 11.5 Å². The molecule has 0 bridgehead atoms. The third-order valence-corrected chi connectivity index (χ3v) is 5.68. The van der Waals surface area contributed by atoms with Crippen molar-refractivity contribution in [1.82, 2.24) is 0 Å². The number of carbonyl (C=O) groups is 3. The van der Waals surface area contributed by atoms with Crippen LogP contribution in [0, 0.1) is 0 Å². The second-order valence-corrected chi connectivity index (χ2v) is 7.73. The lowest BCUT2D eigenvalue weighted by atomic mass is 9.84. The van der Waals surface area contributed by atoms with Gasteiger partial charge in [-0.25, -0.2) is 4.79 Å². The Hall–Kier alpha value is -4.39. The molecule has 0 spiro atoms. The van der Waals surface area contributed by atoms with Gasteiger partial charge < -0.3 is 19.3 Å². The highest BCUT2D eigenvalue weighted by Gasteiger charge is 2.38. The maximum absolute atomic E-state index is 13.1. The van der Waals surface area contributed by atoms with Gasteiger partial charge in [0.05, 0.1) is 24.7 Å². The molecule has 0 fully saturated rings. The molecule has 33 heavy (non-hydrogen) atoms. The minimum absolute atomic E-state index is 0.0541. The second-order valence-electron chi connectivity index (χ2n) is 7.73. The van der Waals surface area contributed by atoms with Crippen LogP contribution in [-0.2, 0) is 9.53 Å². The molecule has 0 aromatic heterocycles. The van der Waals surface area contributed by atoms with Gasteiger partial charge >= 0.3 is 11.9 Å². The van der Waals surface area contributed by atoms with E-state index in [1.807, 2.05) is 6.07 Å². The first-order valence-corrected chi connectivity index (χ1v) is 10.2. The van der Waals surface area contributed by atoms with Crippen molar-refractivity contribution >= 4 is 23.8 Å². The molecule has 2 heterocycles. The van der Waals surface area contributed by atoms with Crippen LogP contribution in [0.15, 0.2) is 66.4 Å². The molecular formula is C26H18O7. The predicted octanol–water partition coefficient (Wildman–Crippen LogP) is 4.24. The summed E-state index contributed by atoms with van der Waals surface area (Å²) >= 11 is 0. The van der Waals surface area contributed by atoms with E-state index in [9.17, 15) is 19.5 Å². The standard InChI is InChI=1S/C26H18O7/c1-31-26(30)15-7-5-14(6-8-15)11-21-24(29)18-9-10-20-23(25(18)33-21)19(13-22(28)32-20)16-3-2-4-17(27)12-16/h2-12,19,27H,13H2,1H3/b21-11-. The summed E-state index contributed by atoms with van der Waals surface area (Å²) in [5.41, 5.74) is 2.74. The zero-order valence-corrected chi connectivity index (χ0v) is 17.5. The highest BCUT2D eigenvalue weighted by atomic mass is 16.5. The van der Waals surface area contributed by atoms with Crippen LogP contribution in [0.3, 0.4) is 0 Å². The number of aromatic hydroxyl groups is 1. The molecule has 0 saturated heterocycles. The van der Waals surface area contributed by atoms with Gasteiger partial charge in [-0.3, -0.25) is 9.59 Å². The summed E-state index contributed by atoms with van der Waals surface area (Å²) in [4.78, 5) is 36.9. The zero-order valence-electron chi connectivity index (χ0n) is 17.5. The fraction of sp³-hybridized carbons (Fsp3) is 0.115. The lowest BCUT2D eigenvalue weighted by Crippen LogP contribution is -2.21. The first-order valence-electron chi connectivity index (χ1n) is 10.2. The third-order valence-electron chi connectivity index (χ3n) is 5.68. The molecule has 3 aromatic carbocycles. The molecule has 3 aromatic rings. The zero-order chi connectivity index (χ0) is 23.1. The molecule has 0 aliphatic carbocycles. The second kappa shape index (κ2) is 7.94. The Kier molecular flexibility index (Phi) is 4.94. The van der Waals surface area contributed by atoms with Gasteiger partial charge in [-0.1, -0.05) is 24.3 Å². The van der Waals surface area contributed by atoms with Gasteiger partial charge in [-0.2, -0.15) is 0 Å². The minimum atomic E-state index is -0.450. The van der Waals surface area contributed by atoms with E-state index in [1.165, 1.54) is 7.11 Å². The largest absolute Gasteiger partial charge is 0.508 e. The number of methoxy groups -OCH3 is 1. The first kappa shape index (κ1) is 20.5. The van der Waals surface area contributed by atoms with Crippen LogP contribution >= 0.6 is 0 Å². The number of ether oxygens (including phenoxy) is 3. The number of ketones is 1. The van der Waals surface area contributed by atoms with E-state index in [0.717, 1.165) is 0 Å². The number of benzene rings is 3. The summed E-state index contributed by atoms with van der Waals surface area (Å²) in [6.07, 6.45) is 1.65. The highest BCUT2D eigenvalue weighted by molar-refractivity contribution is 6.15. The normalized spacial score (nSPS) is 17.7. The van der Waals surface area contributed by atoms with Gasteiger partial charge in [-0.15, -0.1) is 0 Å². The Morgan fingerprint density at radius 2 is 1.85 bits per heavy atom. The van der Waals surface area contributed by atoms with E-state index < -0.39 is 17.9 Å². The van der Waals surface area contributed by atoms with Crippen LogP contribution in [0.2, 0.25) is 0 Å². The first-order chi connectivity index (χ1) is 15.9. The van der Waals surface area contributed by atoms with E-state index in [2.05, 4.69) is 0 Å². The molecule has 7 nitrogen and oxygen atoms in total. The van der Waals surface area contributed by atoms with Crippen LogP contribution in [0.4, 0.5) is 0 Å². The van der Waals surface area contributed by atoms with Gasteiger partial charge in [0.25, 0.3) is 0 Å². The number of hydrogen-bond acceptors (Lipinski definition) is 7. The quantitative estimate of drug-likeness (QED) is 0.368. The lowest BCUT2D eigenvalue weighted by molar-refractivity contribution is -0.135. The third kappa shape index (κ3) is 3.63. The molecule has 0 saturated carbocycles. The van der Waals surface area contributed by atoms with Crippen LogP contribution in [-0.4, -0.2) is 29.9 Å². The Bertz CT molecular complexity index is 1340. The predicted molar refractivity (Wildman–Crippen MR) is 117 cm³/mol. The molecule has 2 aliphatic heterocycles. The molecule has 164 valence electrons. The summed E-state index contributed by atoms with van der Waals surface area (Å²) in [6.45, 7) is 0. The van der Waals surface area contributed by atoms with Crippen LogP contribution in [0.1, 0.15) is 49.7 Å². The minimum Gasteiger partial charge on any atom is -0.508 e. The Morgan fingerprint density at radius 3 is 2.58 bits per heavy atom. The molecule has 0 radical (unpaired) electrons. The maximum Gasteiger partial charge on any atom is 0.337 e. The fourth-order valence-corrected chi connectivity index (χ4v) is 4.12. The Morgan fingerprint density at radius 1 is 1.06 bits per heavy atom. The number of phenolic OH excluding ortho intramolecular Hbond substituents is 1. The summed E-state index contributed by atoms with van der Waals surface area (Å²) in [5, 5.41) is 9.93. The average molecular weight is 442 g/mol. The monoisotopic (exact) mass is 442 g/mol. The molecular weight excluding hydrogens is 424 g/mol. The molecule has 2 aliphatic rings. The van der Waals surface area contributed by atoms with Gasteiger partial charge in [0.1, 0.15) is 17.2 Å². The fourth-order valence-electron chi connectivity index (χ4n) is 4.12. The lowest BCUT2D eigenvalue weighted by Gasteiger charge is -2.26. The average Bonchev–Trinajstić information content (AvgIpc) is 3.13. The summed E-state index contributed by atoms with van der Waals surface area (Å²) in [5.74, 6) is -0.711. The molecule has 0 amide bonds. The van der Waals surface area contributed by atoms with Crippen molar-refractivity contribution in [3.63, 3.8) is 0 Å². The molecule has 1 N–H and O–H groups in total. The number of allylic oxidation sites excluding steroid dienone is 1.